The first-order chi connectivity index (χ1) is 9.95. The summed E-state index contributed by atoms with van der Waals surface area (Å²) < 4.78 is 26.0. The molecule has 1 N–H and O–H groups in total. The summed E-state index contributed by atoms with van der Waals surface area (Å²) in [7, 11) is 1.79. The normalized spacial score (nSPS) is 16.8. The van der Waals surface area contributed by atoms with Crippen LogP contribution in [0.3, 0.4) is 0 Å². The number of carbonyl (C=O) groups is 1. The van der Waals surface area contributed by atoms with Crippen molar-refractivity contribution in [2.45, 2.75) is 25.5 Å². The van der Waals surface area contributed by atoms with Gasteiger partial charge in [0.25, 0.3) is 0 Å². The largest absolute Gasteiger partial charge is 0.390 e. The number of aliphatic hydroxyl groups is 1. The molecule has 0 radical (unpaired) electrons. The number of likely N-dealkylation sites (tertiary alicyclic amines) is 1. The lowest BCUT2D eigenvalue weighted by Gasteiger charge is -2.24. The molecule has 0 saturated carbocycles. The van der Waals surface area contributed by atoms with Gasteiger partial charge in [0.05, 0.1) is 6.10 Å². The Balaban J connectivity index is 1.81. The highest BCUT2D eigenvalue weighted by Gasteiger charge is 2.23. The molecule has 116 valence electrons. The molecule has 1 aromatic carbocycles. The van der Waals surface area contributed by atoms with Crippen LogP contribution < -0.4 is 0 Å². The molecule has 21 heavy (non-hydrogen) atoms. The number of halogens is 2. The minimum absolute atomic E-state index is 0.0808. The Morgan fingerprint density at radius 2 is 2.14 bits per heavy atom. The lowest BCUT2D eigenvalue weighted by molar-refractivity contribution is -0.129. The number of carbonyl (C=O) groups excluding carboxylic acids is 1. The van der Waals surface area contributed by atoms with Gasteiger partial charge in [-0.25, -0.2) is 8.78 Å². The predicted molar refractivity (Wildman–Crippen MR) is 74.5 cm³/mol. The summed E-state index contributed by atoms with van der Waals surface area (Å²) in [5, 5.41) is 10.0. The van der Waals surface area contributed by atoms with Gasteiger partial charge >= 0.3 is 0 Å². The fraction of sp³-hybridized carbons (Fsp3) is 0.533. The number of amides is 1. The van der Waals surface area contributed by atoms with E-state index in [0.29, 0.717) is 38.2 Å². The number of hydrogen-bond donors (Lipinski definition) is 1. The van der Waals surface area contributed by atoms with Gasteiger partial charge < -0.3 is 10.0 Å². The van der Waals surface area contributed by atoms with Crippen molar-refractivity contribution in [1.29, 1.82) is 0 Å². The third-order valence-electron chi connectivity index (χ3n) is 3.56. The number of likely N-dealkylation sites (N-methyl/N-ethyl adjacent to an activating group) is 1. The number of rotatable bonds is 6. The molecule has 1 aliphatic rings. The minimum Gasteiger partial charge on any atom is -0.390 e. The lowest BCUT2D eigenvalue weighted by atomic mass is 10.2. The van der Waals surface area contributed by atoms with Crippen molar-refractivity contribution < 1.29 is 18.7 Å². The molecular formula is C15H20F2N2O2. The lowest BCUT2D eigenvalue weighted by Crippen LogP contribution is -2.39. The van der Waals surface area contributed by atoms with Gasteiger partial charge in [0, 0.05) is 32.6 Å². The molecule has 6 heteroatoms. The summed E-state index contributed by atoms with van der Waals surface area (Å²) in [6.45, 7) is 1.79. The third-order valence-corrected chi connectivity index (χ3v) is 3.56. The number of aliphatic hydroxyl groups excluding tert-OH is 1. The highest BCUT2D eigenvalue weighted by atomic mass is 19.2. The average molecular weight is 298 g/mol. The fourth-order valence-electron chi connectivity index (χ4n) is 2.58. The van der Waals surface area contributed by atoms with Gasteiger partial charge in [-0.15, -0.1) is 0 Å². The first-order valence-corrected chi connectivity index (χ1v) is 7.04. The Labute approximate surface area is 123 Å². The molecule has 1 atom stereocenters. The predicted octanol–water partition coefficient (Wildman–Crippen LogP) is 1.38. The van der Waals surface area contributed by atoms with Crippen LogP contribution in [0, 0.1) is 11.6 Å². The molecule has 0 bridgehead atoms. The van der Waals surface area contributed by atoms with Gasteiger partial charge in [-0.1, -0.05) is 6.07 Å². The van der Waals surface area contributed by atoms with Gasteiger partial charge in [-0.2, -0.15) is 0 Å². The van der Waals surface area contributed by atoms with E-state index in [1.807, 2.05) is 4.90 Å². The summed E-state index contributed by atoms with van der Waals surface area (Å²) in [6.07, 6.45) is 0.746. The van der Waals surface area contributed by atoms with Gasteiger partial charge in [-0.05, 0) is 31.2 Å². The quantitative estimate of drug-likeness (QED) is 0.863. The fourth-order valence-corrected chi connectivity index (χ4v) is 2.58. The van der Waals surface area contributed by atoms with Gasteiger partial charge in [0.15, 0.2) is 11.6 Å². The van der Waals surface area contributed by atoms with Crippen LogP contribution in [0.1, 0.15) is 18.4 Å². The van der Waals surface area contributed by atoms with Crippen molar-refractivity contribution in [2.75, 3.05) is 26.7 Å². The highest BCUT2D eigenvalue weighted by Crippen LogP contribution is 2.12. The number of nitrogens with zero attached hydrogens (tertiary/aromatic N) is 2. The maximum Gasteiger partial charge on any atom is 0.222 e. The molecule has 4 nitrogen and oxygen atoms in total. The van der Waals surface area contributed by atoms with E-state index in [0.717, 1.165) is 18.6 Å². The number of hydrogen-bond acceptors (Lipinski definition) is 3. The molecule has 1 heterocycles. The van der Waals surface area contributed by atoms with Crippen LogP contribution >= 0.6 is 0 Å². The Kier molecular flexibility index (Phi) is 5.25. The second-order valence-corrected chi connectivity index (χ2v) is 5.54. The van der Waals surface area contributed by atoms with Crippen molar-refractivity contribution in [1.82, 2.24) is 9.80 Å². The first kappa shape index (κ1) is 15.9. The van der Waals surface area contributed by atoms with E-state index in [-0.39, 0.29) is 5.91 Å². The number of benzene rings is 1. The van der Waals surface area contributed by atoms with Crippen LogP contribution in [0.25, 0.3) is 0 Å². The Bertz CT molecular complexity index is 510. The Morgan fingerprint density at radius 3 is 2.76 bits per heavy atom. The van der Waals surface area contributed by atoms with Crippen LogP contribution in [0.15, 0.2) is 18.2 Å². The van der Waals surface area contributed by atoms with Crippen LogP contribution in [-0.2, 0) is 11.3 Å². The molecule has 0 spiro atoms. The van der Waals surface area contributed by atoms with E-state index >= 15 is 0 Å². The molecule has 1 aromatic rings. The van der Waals surface area contributed by atoms with Crippen LogP contribution in [0.2, 0.25) is 0 Å². The zero-order valence-corrected chi connectivity index (χ0v) is 12.1. The summed E-state index contributed by atoms with van der Waals surface area (Å²) in [6, 6.07) is 3.77. The molecule has 0 aromatic heterocycles. The summed E-state index contributed by atoms with van der Waals surface area (Å²) in [5.74, 6) is -1.66. The van der Waals surface area contributed by atoms with Crippen molar-refractivity contribution in [3.8, 4) is 0 Å². The summed E-state index contributed by atoms with van der Waals surface area (Å²) >= 11 is 0. The van der Waals surface area contributed by atoms with Crippen molar-refractivity contribution in [2.24, 2.45) is 0 Å². The zero-order valence-electron chi connectivity index (χ0n) is 12.1. The van der Waals surface area contributed by atoms with Gasteiger partial charge in [0.1, 0.15) is 0 Å². The molecule has 1 unspecified atom stereocenters. The van der Waals surface area contributed by atoms with Crippen molar-refractivity contribution in [3.63, 3.8) is 0 Å². The second kappa shape index (κ2) is 6.95. The first-order valence-electron chi connectivity index (χ1n) is 7.04. The number of β-amino-alcohol motifs (C(OH)–C–C–N with tert-alkyl or cyclic N) is 1. The van der Waals surface area contributed by atoms with E-state index in [1.54, 1.807) is 11.9 Å². The summed E-state index contributed by atoms with van der Waals surface area (Å²) in [5.41, 5.74) is 0.640. The second-order valence-electron chi connectivity index (χ2n) is 5.54. The standard InChI is InChI=1S/C15H20F2N2O2/c1-18(8-11-4-5-13(16)14(17)7-11)9-12(20)10-19-6-2-3-15(19)21/h4-5,7,12,20H,2-3,6,8-10H2,1H3. The molecule has 0 aliphatic carbocycles. The molecular weight excluding hydrogens is 278 g/mol. The van der Waals surface area contributed by atoms with E-state index in [9.17, 15) is 18.7 Å². The van der Waals surface area contributed by atoms with Crippen molar-refractivity contribution >= 4 is 5.91 Å². The zero-order chi connectivity index (χ0) is 15.4. The van der Waals surface area contributed by atoms with E-state index in [1.165, 1.54) is 6.07 Å². The summed E-state index contributed by atoms with van der Waals surface area (Å²) in [4.78, 5) is 15.0. The van der Waals surface area contributed by atoms with Crippen molar-refractivity contribution in [3.05, 3.63) is 35.4 Å². The van der Waals surface area contributed by atoms with Crippen LogP contribution in [-0.4, -0.2) is 53.6 Å². The monoisotopic (exact) mass is 298 g/mol. The maximum atomic E-state index is 13.1. The van der Waals surface area contributed by atoms with E-state index in [2.05, 4.69) is 0 Å². The maximum absolute atomic E-state index is 13.1. The van der Waals surface area contributed by atoms with Gasteiger partial charge in [0.2, 0.25) is 5.91 Å². The average Bonchev–Trinajstić information content (AvgIpc) is 2.79. The van der Waals surface area contributed by atoms with Crippen LogP contribution in [0.4, 0.5) is 8.78 Å². The Morgan fingerprint density at radius 1 is 1.38 bits per heavy atom. The topological polar surface area (TPSA) is 43.8 Å². The molecule has 1 amide bonds. The Hall–Kier alpha value is -1.53. The molecule has 2 rings (SSSR count). The molecule has 1 fully saturated rings. The molecule has 1 aliphatic heterocycles. The van der Waals surface area contributed by atoms with E-state index in [4.69, 9.17) is 0 Å². The highest BCUT2D eigenvalue weighted by molar-refractivity contribution is 5.78. The third kappa shape index (κ3) is 4.47. The minimum atomic E-state index is -0.871. The SMILES string of the molecule is CN(Cc1ccc(F)c(F)c1)CC(O)CN1CCCC1=O. The van der Waals surface area contributed by atoms with Crippen LogP contribution in [0.5, 0.6) is 0 Å². The van der Waals surface area contributed by atoms with Gasteiger partial charge in [-0.3, -0.25) is 9.69 Å². The molecule has 1 saturated heterocycles. The van der Waals surface area contributed by atoms with E-state index < -0.39 is 17.7 Å². The smallest absolute Gasteiger partial charge is 0.222 e.